The summed E-state index contributed by atoms with van der Waals surface area (Å²) in [5.74, 6) is 0.724. The molecule has 5 nitrogen and oxygen atoms in total. The molecule has 0 atom stereocenters. The number of rotatable bonds is 6. The van der Waals surface area contributed by atoms with Crippen molar-refractivity contribution in [3.8, 4) is 6.07 Å². The van der Waals surface area contributed by atoms with Gasteiger partial charge in [-0.15, -0.1) is 0 Å². The molecule has 1 aromatic heterocycles. The summed E-state index contributed by atoms with van der Waals surface area (Å²) in [6.45, 7) is 9.75. The fourth-order valence-electron chi connectivity index (χ4n) is 1.00. The van der Waals surface area contributed by atoms with Crippen molar-refractivity contribution in [3.05, 3.63) is 23.9 Å². The summed E-state index contributed by atoms with van der Waals surface area (Å²) in [7, 11) is 0. The Morgan fingerprint density at radius 2 is 1.95 bits per heavy atom. The molecule has 106 valence electrons. The van der Waals surface area contributed by atoms with E-state index in [4.69, 9.17) is 5.26 Å². The van der Waals surface area contributed by atoms with Gasteiger partial charge < -0.3 is 15.4 Å². The van der Waals surface area contributed by atoms with Gasteiger partial charge in [0.1, 0.15) is 18.2 Å². The number of nitrogens with zero attached hydrogens (tertiary/aromatic N) is 2. The summed E-state index contributed by atoms with van der Waals surface area (Å²) in [6.07, 6.45) is 2.33. The molecule has 5 heteroatoms. The average Bonchev–Trinajstić information content (AvgIpc) is 2.52. The monoisotopic (exact) mass is 264 g/mol. The summed E-state index contributed by atoms with van der Waals surface area (Å²) >= 11 is 0. The Balaban J connectivity index is 0. The Hall–Kier alpha value is -1.93. The number of anilines is 1. The predicted octanol–water partition coefficient (Wildman–Crippen LogP) is 2.21. The molecule has 0 radical (unpaired) electrons. The highest BCUT2D eigenvalue weighted by molar-refractivity contribution is 5.51. The van der Waals surface area contributed by atoms with Crippen molar-refractivity contribution in [3.63, 3.8) is 0 Å². The molecule has 0 amide bonds. The quantitative estimate of drug-likeness (QED) is 0.608. The number of aldehydes is 1. The lowest BCUT2D eigenvalue weighted by molar-refractivity contribution is -0.107. The van der Waals surface area contributed by atoms with Crippen LogP contribution < -0.4 is 10.6 Å². The van der Waals surface area contributed by atoms with E-state index in [1.54, 1.807) is 12.1 Å². The maximum absolute atomic E-state index is 9.98. The Kier molecular flexibility index (Phi) is 16.4. The maximum atomic E-state index is 9.98. The van der Waals surface area contributed by atoms with E-state index in [2.05, 4.69) is 15.6 Å². The van der Waals surface area contributed by atoms with E-state index < -0.39 is 0 Å². The highest BCUT2D eigenvalue weighted by Crippen LogP contribution is 2.02. The standard InChI is InChI=1S/C10H12N4O.2C2H6/c11-7-9-1-2-10(14-8-9)13-4-3-12-5-6-15;2*1-2/h1-2,6,8,12H,3-5H2,(H,13,14);2*1-2H3. The van der Waals surface area contributed by atoms with E-state index in [9.17, 15) is 4.79 Å². The minimum atomic E-state index is 0.364. The number of nitrogens with one attached hydrogen (secondary N) is 2. The molecule has 0 aromatic carbocycles. The van der Waals surface area contributed by atoms with Crippen LogP contribution in [0.1, 0.15) is 33.3 Å². The first kappa shape index (κ1) is 19.4. The van der Waals surface area contributed by atoms with Crippen molar-refractivity contribution in [2.45, 2.75) is 27.7 Å². The van der Waals surface area contributed by atoms with Gasteiger partial charge in [0.2, 0.25) is 0 Å². The van der Waals surface area contributed by atoms with Gasteiger partial charge in [0.05, 0.1) is 12.1 Å². The first-order valence-electron chi connectivity index (χ1n) is 6.61. The Bertz CT molecular complexity index is 343. The lowest BCUT2D eigenvalue weighted by Gasteiger charge is -2.04. The number of aromatic nitrogens is 1. The van der Waals surface area contributed by atoms with Crippen molar-refractivity contribution >= 4 is 12.1 Å². The Morgan fingerprint density at radius 3 is 2.42 bits per heavy atom. The number of pyridine rings is 1. The maximum Gasteiger partial charge on any atom is 0.133 e. The molecule has 0 aliphatic rings. The first-order chi connectivity index (χ1) is 9.36. The molecular weight excluding hydrogens is 240 g/mol. The van der Waals surface area contributed by atoms with E-state index in [1.807, 2.05) is 33.8 Å². The van der Waals surface area contributed by atoms with Gasteiger partial charge >= 0.3 is 0 Å². The molecule has 0 unspecified atom stereocenters. The zero-order valence-corrected chi connectivity index (χ0v) is 12.2. The second-order valence-electron chi connectivity index (χ2n) is 2.84. The van der Waals surface area contributed by atoms with Gasteiger partial charge in [-0.2, -0.15) is 5.26 Å². The summed E-state index contributed by atoms with van der Waals surface area (Å²) in [5, 5.41) is 14.5. The molecule has 0 saturated heterocycles. The van der Waals surface area contributed by atoms with Crippen LogP contribution in [-0.4, -0.2) is 30.9 Å². The second-order valence-corrected chi connectivity index (χ2v) is 2.84. The fourth-order valence-corrected chi connectivity index (χ4v) is 1.00. The fraction of sp³-hybridized carbons (Fsp3) is 0.500. The van der Waals surface area contributed by atoms with Gasteiger partial charge in [-0.3, -0.25) is 0 Å². The molecule has 1 aromatic rings. The van der Waals surface area contributed by atoms with E-state index in [1.165, 1.54) is 6.20 Å². The number of carbonyl (C=O) groups is 1. The molecule has 19 heavy (non-hydrogen) atoms. The topological polar surface area (TPSA) is 77.8 Å². The number of hydrogen-bond acceptors (Lipinski definition) is 5. The van der Waals surface area contributed by atoms with Crippen LogP contribution in [0.2, 0.25) is 0 Å². The number of hydrogen-bond donors (Lipinski definition) is 2. The third-order valence-corrected chi connectivity index (χ3v) is 1.73. The molecule has 1 rings (SSSR count). The molecule has 2 N–H and O–H groups in total. The zero-order chi connectivity index (χ0) is 14.9. The van der Waals surface area contributed by atoms with Gasteiger partial charge in [0, 0.05) is 19.3 Å². The van der Waals surface area contributed by atoms with Crippen LogP contribution in [-0.2, 0) is 4.79 Å². The van der Waals surface area contributed by atoms with Gasteiger partial charge in [-0.1, -0.05) is 27.7 Å². The summed E-state index contributed by atoms with van der Waals surface area (Å²) in [6, 6.07) is 5.45. The van der Waals surface area contributed by atoms with E-state index >= 15 is 0 Å². The lowest BCUT2D eigenvalue weighted by Crippen LogP contribution is -2.23. The number of carbonyl (C=O) groups excluding carboxylic acids is 1. The van der Waals surface area contributed by atoms with Crippen molar-refractivity contribution in [1.29, 1.82) is 5.26 Å². The third-order valence-electron chi connectivity index (χ3n) is 1.73. The Labute approximate surface area is 116 Å². The third kappa shape index (κ3) is 10.9. The predicted molar refractivity (Wildman–Crippen MR) is 79.1 cm³/mol. The molecule has 0 spiro atoms. The van der Waals surface area contributed by atoms with Gasteiger partial charge in [0.15, 0.2) is 0 Å². The SMILES string of the molecule is CC.CC.N#Cc1ccc(NCCNCC=O)nc1. The highest BCUT2D eigenvalue weighted by Gasteiger charge is 1.93. The largest absolute Gasteiger partial charge is 0.369 e. The van der Waals surface area contributed by atoms with Crippen molar-refractivity contribution in [2.75, 3.05) is 25.0 Å². The van der Waals surface area contributed by atoms with E-state index in [0.29, 0.717) is 25.2 Å². The van der Waals surface area contributed by atoms with Crippen molar-refractivity contribution < 1.29 is 4.79 Å². The zero-order valence-electron chi connectivity index (χ0n) is 12.2. The highest BCUT2D eigenvalue weighted by atomic mass is 16.1. The van der Waals surface area contributed by atoms with Crippen LogP contribution in [0.4, 0.5) is 5.82 Å². The van der Waals surface area contributed by atoms with E-state index in [0.717, 1.165) is 12.1 Å². The van der Waals surface area contributed by atoms with Crippen molar-refractivity contribution in [1.82, 2.24) is 10.3 Å². The van der Waals surface area contributed by atoms with Crippen LogP contribution in [0.25, 0.3) is 0 Å². The van der Waals surface area contributed by atoms with Gasteiger partial charge in [-0.05, 0) is 12.1 Å². The summed E-state index contributed by atoms with van der Waals surface area (Å²) in [5.41, 5.74) is 0.541. The molecule has 0 saturated carbocycles. The molecular formula is C14H24N4O. The lowest BCUT2D eigenvalue weighted by atomic mass is 10.3. The molecule has 0 aliphatic heterocycles. The molecule has 1 heterocycles. The van der Waals surface area contributed by atoms with E-state index in [-0.39, 0.29) is 0 Å². The molecule has 0 bridgehead atoms. The molecule has 0 aliphatic carbocycles. The van der Waals surface area contributed by atoms with Crippen LogP contribution >= 0.6 is 0 Å². The van der Waals surface area contributed by atoms with Crippen LogP contribution in [0.5, 0.6) is 0 Å². The Morgan fingerprint density at radius 1 is 1.26 bits per heavy atom. The normalized spacial score (nSPS) is 7.95. The number of nitriles is 1. The van der Waals surface area contributed by atoms with Crippen molar-refractivity contribution in [2.24, 2.45) is 0 Å². The first-order valence-corrected chi connectivity index (χ1v) is 6.61. The average molecular weight is 264 g/mol. The van der Waals surface area contributed by atoms with Crippen LogP contribution in [0.3, 0.4) is 0 Å². The molecule has 0 fully saturated rings. The minimum absolute atomic E-state index is 0.364. The second kappa shape index (κ2) is 16.1. The summed E-state index contributed by atoms with van der Waals surface area (Å²) in [4.78, 5) is 14.0. The smallest absolute Gasteiger partial charge is 0.133 e. The summed E-state index contributed by atoms with van der Waals surface area (Å²) < 4.78 is 0. The minimum Gasteiger partial charge on any atom is -0.369 e. The van der Waals surface area contributed by atoms with Crippen LogP contribution in [0.15, 0.2) is 18.3 Å². The van der Waals surface area contributed by atoms with Gasteiger partial charge in [0.25, 0.3) is 0 Å². The van der Waals surface area contributed by atoms with Crippen LogP contribution in [0, 0.1) is 11.3 Å². The van der Waals surface area contributed by atoms with Gasteiger partial charge in [-0.25, -0.2) is 4.98 Å².